The first-order valence-electron chi connectivity index (χ1n) is 14.3. The number of piperidine rings is 1. The normalized spacial score (nSPS) is 19.9. The smallest absolute Gasteiger partial charge is 0.409 e. The Hall–Kier alpha value is -3.66. The fourth-order valence-corrected chi connectivity index (χ4v) is 5.80. The number of fused-ring (bicyclic) bond motifs is 1. The second-order valence-electron chi connectivity index (χ2n) is 12.5. The molecular formula is C33H40N2O5. The second-order valence-corrected chi connectivity index (χ2v) is 12.5. The van der Waals surface area contributed by atoms with Gasteiger partial charge in [-0.05, 0) is 60.9 Å². The molecule has 0 aliphatic carbocycles. The number of carbonyl (C=O) groups is 2. The molecule has 3 aliphatic rings. The molecule has 0 bridgehead atoms. The van der Waals surface area contributed by atoms with Crippen molar-refractivity contribution in [3.8, 4) is 16.9 Å². The molecule has 1 atom stereocenters. The van der Waals surface area contributed by atoms with E-state index in [1.807, 2.05) is 29.2 Å². The van der Waals surface area contributed by atoms with E-state index in [1.165, 1.54) is 0 Å². The molecule has 2 saturated heterocycles. The summed E-state index contributed by atoms with van der Waals surface area (Å²) in [6.45, 7) is 12.5. The maximum atomic E-state index is 13.2. The van der Waals surface area contributed by atoms with Crippen molar-refractivity contribution in [1.82, 2.24) is 9.80 Å². The van der Waals surface area contributed by atoms with Crippen LogP contribution in [-0.2, 0) is 15.9 Å². The molecular weight excluding hydrogens is 504 g/mol. The van der Waals surface area contributed by atoms with Gasteiger partial charge >= 0.3 is 6.09 Å². The molecule has 7 nitrogen and oxygen atoms in total. The molecule has 0 unspecified atom stereocenters. The third-order valence-electron chi connectivity index (χ3n) is 8.24. The first-order chi connectivity index (χ1) is 19.1. The van der Waals surface area contributed by atoms with Crippen LogP contribution in [0.25, 0.3) is 11.1 Å². The van der Waals surface area contributed by atoms with Gasteiger partial charge in [0.1, 0.15) is 11.4 Å². The monoisotopic (exact) mass is 544 g/mol. The molecule has 2 amide bonds. The van der Waals surface area contributed by atoms with Crippen LogP contribution in [0.3, 0.4) is 0 Å². The zero-order valence-electron chi connectivity index (χ0n) is 24.2. The maximum absolute atomic E-state index is 13.2. The first kappa shape index (κ1) is 27.9. The van der Waals surface area contributed by atoms with E-state index in [1.54, 1.807) is 12.0 Å². The summed E-state index contributed by atoms with van der Waals surface area (Å²) in [6.07, 6.45) is 4.93. The molecule has 1 spiro atoms. The standard InChI is InChI=1S/C33H40N2O5/c1-23(38-5)28-7-6-18-35(28)30(36)25-10-8-24(9-11-25)26-12-13-29-27(21-26)14-15-33(40-29)16-19-34(20-17-33)31(37)39-22-32(2,3)4/h8-11,21,28H,1,6-7,14-20,22H2,2-5H3/t28-/m1/s1. The van der Waals surface area contributed by atoms with Crippen molar-refractivity contribution in [2.45, 2.75) is 70.9 Å². The van der Waals surface area contributed by atoms with E-state index < -0.39 is 0 Å². The minimum atomic E-state index is -0.275. The van der Waals surface area contributed by atoms with Crippen LogP contribution in [0, 0.1) is 17.5 Å². The second kappa shape index (κ2) is 11.1. The summed E-state index contributed by atoms with van der Waals surface area (Å²) in [4.78, 5) is 29.3. The summed E-state index contributed by atoms with van der Waals surface area (Å²) >= 11 is 0. The fourth-order valence-electron chi connectivity index (χ4n) is 5.80. The number of rotatable bonds is 5. The summed E-state index contributed by atoms with van der Waals surface area (Å²) in [5.74, 6) is 1.39. The summed E-state index contributed by atoms with van der Waals surface area (Å²) in [5, 5.41) is 0. The molecule has 212 valence electrons. The zero-order chi connectivity index (χ0) is 28.5. The van der Waals surface area contributed by atoms with Gasteiger partial charge in [-0.25, -0.2) is 4.79 Å². The van der Waals surface area contributed by atoms with Crippen molar-refractivity contribution in [2.24, 2.45) is 5.41 Å². The Kier molecular flexibility index (Phi) is 7.72. The minimum Gasteiger partial charge on any atom is -0.500 e. The number of hydrogen-bond donors (Lipinski definition) is 0. The third-order valence-corrected chi connectivity index (χ3v) is 8.24. The fraction of sp³-hybridized carbons (Fsp3) is 0.515. The zero-order valence-corrected chi connectivity index (χ0v) is 24.2. The van der Waals surface area contributed by atoms with Crippen LogP contribution < -0.4 is 4.74 Å². The van der Waals surface area contributed by atoms with E-state index in [4.69, 9.17) is 14.2 Å². The Labute approximate surface area is 238 Å². The number of methoxy groups -OCH3 is 1. The number of carbonyl (C=O) groups excluding carboxylic acids is 2. The lowest BCUT2D eigenvalue weighted by Gasteiger charge is -2.43. The van der Waals surface area contributed by atoms with E-state index in [9.17, 15) is 9.59 Å². The average molecular weight is 545 g/mol. The van der Waals surface area contributed by atoms with Gasteiger partial charge in [0.2, 0.25) is 0 Å². The Morgan fingerprint density at radius 2 is 1.82 bits per heavy atom. The van der Waals surface area contributed by atoms with Gasteiger partial charge in [0.05, 0.1) is 19.8 Å². The topological polar surface area (TPSA) is 68.3 Å². The molecule has 0 saturated carbocycles. The quantitative estimate of drug-likeness (QED) is 0.428. The van der Waals surface area contributed by atoms with Crippen LogP contribution in [0.5, 0.6) is 5.75 Å². The van der Waals surface area contributed by atoms with Crippen LogP contribution in [0.2, 0.25) is 0 Å². The number of benzene rings is 1. The maximum Gasteiger partial charge on any atom is 0.409 e. The highest BCUT2D eigenvalue weighted by Gasteiger charge is 2.41. The van der Waals surface area contributed by atoms with Gasteiger partial charge in [-0.2, -0.15) is 0 Å². The molecule has 2 fully saturated rings. The van der Waals surface area contributed by atoms with Gasteiger partial charge in [0.15, 0.2) is 5.75 Å². The number of amides is 2. The SMILES string of the molecule is C=C(OC)[C@H]1CCCN1C(=O)c1ccc(-c2c#cc3c(c2)CCC2(CCN(C(=O)OCC(C)(C)C)CC2)O3)cc1. The van der Waals surface area contributed by atoms with Gasteiger partial charge < -0.3 is 24.0 Å². The van der Waals surface area contributed by atoms with Crippen LogP contribution >= 0.6 is 0 Å². The van der Waals surface area contributed by atoms with E-state index in [0.29, 0.717) is 37.6 Å². The van der Waals surface area contributed by atoms with Crippen molar-refractivity contribution in [2.75, 3.05) is 33.4 Å². The van der Waals surface area contributed by atoms with E-state index in [0.717, 1.165) is 61.0 Å². The number of nitrogens with zero attached hydrogens (tertiary/aromatic N) is 2. The van der Waals surface area contributed by atoms with Crippen LogP contribution in [0.4, 0.5) is 4.79 Å². The van der Waals surface area contributed by atoms with Gasteiger partial charge in [-0.1, -0.05) is 45.5 Å². The molecule has 0 N–H and O–H groups in total. The number of ether oxygens (including phenoxy) is 3. The van der Waals surface area contributed by atoms with E-state index >= 15 is 0 Å². The van der Waals surface area contributed by atoms with Gasteiger partial charge in [0.25, 0.3) is 5.91 Å². The first-order valence-corrected chi connectivity index (χ1v) is 14.3. The molecule has 3 aliphatic heterocycles. The Bertz CT molecular complexity index is 1250. The Morgan fingerprint density at radius 1 is 1.10 bits per heavy atom. The molecule has 0 aromatic heterocycles. The van der Waals surface area contributed by atoms with Crippen LogP contribution in [-0.4, -0.2) is 66.8 Å². The number of likely N-dealkylation sites (tertiary alicyclic amines) is 2. The summed E-state index contributed by atoms with van der Waals surface area (Å²) in [5.41, 5.74) is 3.36. The number of hydrogen-bond acceptors (Lipinski definition) is 5. The highest BCUT2D eigenvalue weighted by Crippen LogP contribution is 2.39. The lowest BCUT2D eigenvalue weighted by Crippen LogP contribution is -2.51. The van der Waals surface area contributed by atoms with Crippen molar-refractivity contribution in [3.05, 3.63) is 65.9 Å². The molecule has 0 radical (unpaired) electrons. The molecule has 40 heavy (non-hydrogen) atoms. The predicted molar refractivity (Wildman–Crippen MR) is 153 cm³/mol. The van der Waals surface area contributed by atoms with Crippen molar-refractivity contribution < 1.29 is 23.8 Å². The van der Waals surface area contributed by atoms with Crippen molar-refractivity contribution in [1.29, 1.82) is 0 Å². The lowest BCUT2D eigenvalue weighted by atomic mass is 9.83. The molecule has 2 aromatic rings. The summed E-state index contributed by atoms with van der Waals surface area (Å²) < 4.78 is 17.3. The average Bonchev–Trinajstić information content (AvgIpc) is 3.45. The minimum absolute atomic E-state index is 0.000411. The largest absolute Gasteiger partial charge is 0.500 e. The van der Waals surface area contributed by atoms with Crippen molar-refractivity contribution in [3.63, 3.8) is 0 Å². The summed E-state index contributed by atoms with van der Waals surface area (Å²) in [7, 11) is 1.60. The third kappa shape index (κ3) is 5.91. The predicted octanol–water partition coefficient (Wildman–Crippen LogP) is 6.06. The molecule has 7 heteroatoms. The van der Waals surface area contributed by atoms with Gasteiger partial charge in [-0.3, -0.25) is 4.79 Å². The van der Waals surface area contributed by atoms with Gasteiger partial charge in [-0.15, -0.1) is 0 Å². The molecule has 5 rings (SSSR count). The molecule has 3 heterocycles. The highest BCUT2D eigenvalue weighted by molar-refractivity contribution is 5.95. The Balaban J connectivity index is 1.20. The summed E-state index contributed by atoms with van der Waals surface area (Å²) in [6, 6.07) is 16.3. The lowest BCUT2D eigenvalue weighted by molar-refractivity contribution is -0.0171. The number of aryl methyl sites for hydroxylation is 1. The highest BCUT2D eigenvalue weighted by atomic mass is 16.6. The van der Waals surface area contributed by atoms with Crippen LogP contribution in [0.15, 0.2) is 42.7 Å². The molecule has 2 aromatic carbocycles. The van der Waals surface area contributed by atoms with Crippen LogP contribution in [0.1, 0.15) is 68.8 Å². The van der Waals surface area contributed by atoms with Crippen molar-refractivity contribution >= 4 is 12.0 Å². The van der Waals surface area contributed by atoms with Gasteiger partial charge in [0, 0.05) is 49.2 Å². The van der Waals surface area contributed by atoms with E-state index in [-0.39, 0.29) is 29.1 Å². The Morgan fingerprint density at radius 3 is 2.50 bits per heavy atom. The van der Waals surface area contributed by atoms with E-state index in [2.05, 4.69) is 45.5 Å².